The molecule has 0 aromatic heterocycles. The monoisotopic (exact) mass is 274 g/mol. The average molecular weight is 275 g/mol. The third-order valence-corrected chi connectivity index (χ3v) is 2.05. The Morgan fingerprint density at radius 2 is 2.00 bits per heavy atom. The number of nitrogens with two attached hydrogens (primary N) is 1. The highest BCUT2D eigenvalue weighted by Crippen LogP contribution is 2.22. The Morgan fingerprint density at radius 1 is 1.33 bits per heavy atom. The van der Waals surface area contributed by atoms with Crippen molar-refractivity contribution in [2.24, 2.45) is 5.73 Å². The maximum Gasteiger partial charge on any atom is 0.292 e. The van der Waals surface area contributed by atoms with E-state index in [0.29, 0.717) is 18.8 Å². The molecule has 0 aliphatic carbocycles. The molecule has 0 aliphatic heterocycles. The summed E-state index contributed by atoms with van der Waals surface area (Å²) in [5.74, 6) is -0.255. The fraction of sp³-hybridized carbons (Fsp3) is 0.300. The highest BCUT2D eigenvalue weighted by Gasteiger charge is 2.11. The molecule has 0 unspecified atom stereocenters. The number of nitrogens with one attached hydrogen (secondary N) is 2. The number of anilines is 1. The van der Waals surface area contributed by atoms with Crippen molar-refractivity contribution in [3.8, 4) is 0 Å². The lowest BCUT2D eigenvalue weighted by molar-refractivity contribution is -0.384. The van der Waals surface area contributed by atoms with E-state index in [9.17, 15) is 14.9 Å². The second-order valence-corrected chi connectivity index (χ2v) is 3.26. The van der Waals surface area contributed by atoms with Crippen LogP contribution in [0.3, 0.4) is 0 Å². The summed E-state index contributed by atoms with van der Waals surface area (Å²) in [6, 6.07) is 6.33. The molecule has 18 heavy (non-hydrogen) atoms. The number of rotatable bonds is 6. The minimum atomic E-state index is -0.458. The molecule has 0 radical (unpaired) electrons. The van der Waals surface area contributed by atoms with Gasteiger partial charge < -0.3 is 16.4 Å². The number of nitrogens with zero attached hydrogens (tertiary/aromatic N) is 1. The lowest BCUT2D eigenvalue weighted by Gasteiger charge is -2.07. The lowest BCUT2D eigenvalue weighted by atomic mass is 10.2. The summed E-state index contributed by atoms with van der Waals surface area (Å²) in [5, 5.41) is 16.1. The minimum absolute atomic E-state index is 0. The Hall–Kier alpha value is -1.86. The molecule has 0 bridgehead atoms. The topological polar surface area (TPSA) is 110 Å². The molecule has 1 aromatic rings. The summed E-state index contributed by atoms with van der Waals surface area (Å²) in [6.07, 6.45) is 0. The van der Waals surface area contributed by atoms with Gasteiger partial charge in [0.2, 0.25) is 5.91 Å². The van der Waals surface area contributed by atoms with Gasteiger partial charge in [0.05, 0.1) is 11.5 Å². The van der Waals surface area contributed by atoms with Crippen molar-refractivity contribution in [1.29, 1.82) is 0 Å². The Kier molecular flexibility index (Phi) is 7.41. The number of nitro benzene ring substituents is 1. The maximum atomic E-state index is 10.8. The van der Waals surface area contributed by atoms with Crippen LogP contribution in [0.5, 0.6) is 0 Å². The first-order valence-corrected chi connectivity index (χ1v) is 5.09. The maximum absolute atomic E-state index is 10.8. The second kappa shape index (κ2) is 8.26. The third kappa shape index (κ3) is 4.98. The number of amides is 1. The normalized spacial score (nSPS) is 9.17. The molecule has 0 atom stereocenters. The molecule has 0 saturated heterocycles. The number of carbonyl (C=O) groups is 1. The van der Waals surface area contributed by atoms with Crippen LogP contribution in [0.2, 0.25) is 0 Å². The van der Waals surface area contributed by atoms with Gasteiger partial charge in [-0.1, -0.05) is 12.1 Å². The molecule has 7 nitrogen and oxygen atoms in total. The Labute approximate surface area is 110 Å². The molecular weight excluding hydrogens is 260 g/mol. The number of hydrogen-bond acceptors (Lipinski definition) is 5. The number of carbonyl (C=O) groups excluding carboxylic acids is 1. The van der Waals surface area contributed by atoms with Crippen LogP contribution in [0.1, 0.15) is 0 Å². The summed E-state index contributed by atoms with van der Waals surface area (Å²) in [5.41, 5.74) is 5.55. The molecule has 0 saturated carbocycles. The highest BCUT2D eigenvalue weighted by atomic mass is 35.5. The van der Waals surface area contributed by atoms with Crippen LogP contribution in [0.15, 0.2) is 24.3 Å². The summed E-state index contributed by atoms with van der Waals surface area (Å²) < 4.78 is 0. The largest absolute Gasteiger partial charge is 0.378 e. The number of halogens is 1. The fourth-order valence-electron chi connectivity index (χ4n) is 1.25. The van der Waals surface area contributed by atoms with Gasteiger partial charge in [0.25, 0.3) is 5.69 Å². The SMILES string of the molecule is Cl.NCC(=O)NCCNc1ccccc1[N+](=O)[O-]. The average Bonchev–Trinajstić information content (AvgIpc) is 2.34. The number of para-hydroxylation sites is 2. The first-order chi connectivity index (χ1) is 8.15. The van der Waals surface area contributed by atoms with E-state index in [4.69, 9.17) is 5.73 Å². The second-order valence-electron chi connectivity index (χ2n) is 3.26. The molecular formula is C10H15ClN4O3. The predicted octanol–water partition coefficient (Wildman–Crippen LogP) is 0.503. The number of nitro groups is 1. The van der Waals surface area contributed by atoms with Gasteiger partial charge >= 0.3 is 0 Å². The van der Waals surface area contributed by atoms with Crippen molar-refractivity contribution in [1.82, 2.24) is 5.32 Å². The van der Waals surface area contributed by atoms with Gasteiger partial charge in [0, 0.05) is 19.2 Å². The van der Waals surface area contributed by atoms with Crippen LogP contribution >= 0.6 is 12.4 Å². The number of hydrogen-bond donors (Lipinski definition) is 3. The van der Waals surface area contributed by atoms with Crippen LogP contribution in [0.25, 0.3) is 0 Å². The molecule has 1 rings (SSSR count). The molecule has 1 aromatic carbocycles. The van der Waals surface area contributed by atoms with E-state index < -0.39 is 4.92 Å². The van der Waals surface area contributed by atoms with Crippen LogP contribution in [-0.4, -0.2) is 30.5 Å². The van der Waals surface area contributed by atoms with Gasteiger partial charge in [-0.15, -0.1) is 12.4 Å². The standard InChI is InChI=1S/C10H14N4O3.ClH/c11-7-10(15)13-6-5-12-8-3-1-2-4-9(8)14(16)17;/h1-4,12H,5-7,11H2,(H,13,15);1H. The summed E-state index contributed by atoms with van der Waals surface area (Å²) in [7, 11) is 0. The molecule has 0 spiro atoms. The minimum Gasteiger partial charge on any atom is -0.378 e. The van der Waals surface area contributed by atoms with E-state index in [1.807, 2.05) is 0 Å². The van der Waals surface area contributed by atoms with Crippen molar-refractivity contribution in [2.75, 3.05) is 25.0 Å². The Balaban J connectivity index is 0.00000289. The van der Waals surface area contributed by atoms with Crippen LogP contribution in [-0.2, 0) is 4.79 Å². The Bertz CT molecular complexity index is 414. The van der Waals surface area contributed by atoms with E-state index in [2.05, 4.69) is 10.6 Å². The van der Waals surface area contributed by atoms with Crippen molar-refractivity contribution in [3.05, 3.63) is 34.4 Å². The smallest absolute Gasteiger partial charge is 0.292 e. The first-order valence-electron chi connectivity index (χ1n) is 5.09. The van der Waals surface area contributed by atoms with Crippen LogP contribution in [0.4, 0.5) is 11.4 Å². The lowest BCUT2D eigenvalue weighted by Crippen LogP contribution is -2.33. The molecule has 0 aliphatic rings. The molecule has 1 amide bonds. The van der Waals surface area contributed by atoms with Crippen LogP contribution < -0.4 is 16.4 Å². The van der Waals surface area contributed by atoms with Crippen LogP contribution in [0, 0.1) is 10.1 Å². The van der Waals surface area contributed by atoms with Crippen molar-refractivity contribution in [3.63, 3.8) is 0 Å². The van der Waals surface area contributed by atoms with Crippen molar-refractivity contribution >= 4 is 29.7 Å². The summed E-state index contributed by atoms with van der Waals surface area (Å²) in [4.78, 5) is 21.1. The Morgan fingerprint density at radius 3 is 2.61 bits per heavy atom. The third-order valence-electron chi connectivity index (χ3n) is 2.05. The van der Waals surface area contributed by atoms with Gasteiger partial charge in [-0.3, -0.25) is 14.9 Å². The zero-order chi connectivity index (χ0) is 12.7. The zero-order valence-electron chi connectivity index (χ0n) is 9.59. The van der Waals surface area contributed by atoms with Gasteiger partial charge in [0.1, 0.15) is 5.69 Å². The summed E-state index contributed by atoms with van der Waals surface area (Å²) in [6.45, 7) is 0.699. The zero-order valence-corrected chi connectivity index (χ0v) is 10.4. The van der Waals surface area contributed by atoms with Crippen molar-refractivity contribution in [2.45, 2.75) is 0 Å². The van der Waals surface area contributed by atoms with Gasteiger partial charge in [-0.25, -0.2) is 0 Å². The summed E-state index contributed by atoms with van der Waals surface area (Å²) >= 11 is 0. The fourth-order valence-corrected chi connectivity index (χ4v) is 1.25. The molecule has 0 fully saturated rings. The van der Waals surface area contributed by atoms with Crippen molar-refractivity contribution < 1.29 is 9.72 Å². The molecule has 4 N–H and O–H groups in total. The number of benzene rings is 1. The first kappa shape index (κ1) is 16.1. The van der Waals surface area contributed by atoms with Gasteiger partial charge in [-0.05, 0) is 6.07 Å². The van der Waals surface area contributed by atoms with Gasteiger partial charge in [0.15, 0.2) is 0 Å². The predicted molar refractivity (Wildman–Crippen MR) is 70.9 cm³/mol. The highest BCUT2D eigenvalue weighted by molar-refractivity contribution is 5.85. The molecule has 0 heterocycles. The molecule has 100 valence electrons. The molecule has 8 heteroatoms. The van der Waals surface area contributed by atoms with E-state index in [0.717, 1.165) is 0 Å². The quantitative estimate of drug-likeness (QED) is 0.397. The van der Waals surface area contributed by atoms with E-state index in [-0.39, 0.29) is 30.5 Å². The van der Waals surface area contributed by atoms with E-state index in [1.54, 1.807) is 18.2 Å². The van der Waals surface area contributed by atoms with E-state index >= 15 is 0 Å². The van der Waals surface area contributed by atoms with E-state index in [1.165, 1.54) is 6.07 Å². The van der Waals surface area contributed by atoms with Gasteiger partial charge in [-0.2, -0.15) is 0 Å².